The minimum absolute atomic E-state index is 0.0461. The van der Waals surface area contributed by atoms with Crippen LogP contribution in [0.3, 0.4) is 0 Å². The van der Waals surface area contributed by atoms with E-state index in [9.17, 15) is 4.79 Å². The Morgan fingerprint density at radius 2 is 1.61 bits per heavy atom. The normalized spacial score (nSPS) is 10.3. The number of benzene rings is 3. The van der Waals surface area contributed by atoms with Crippen molar-refractivity contribution in [3.8, 4) is 11.5 Å². The SMILES string of the molecule is COc1ccc(OCC(=O)Nc2cccc3ccccc23)cc1. The van der Waals surface area contributed by atoms with Crippen molar-refractivity contribution in [2.24, 2.45) is 0 Å². The van der Waals surface area contributed by atoms with Gasteiger partial charge in [-0.1, -0.05) is 36.4 Å². The molecule has 1 N–H and O–H groups in total. The van der Waals surface area contributed by atoms with Crippen LogP contribution in [0.1, 0.15) is 0 Å². The van der Waals surface area contributed by atoms with Crippen molar-refractivity contribution in [1.29, 1.82) is 0 Å². The maximum Gasteiger partial charge on any atom is 0.262 e. The fraction of sp³-hybridized carbons (Fsp3) is 0.105. The summed E-state index contributed by atoms with van der Waals surface area (Å²) in [5.74, 6) is 1.17. The Bertz CT molecular complexity index is 807. The van der Waals surface area contributed by atoms with Gasteiger partial charge < -0.3 is 14.8 Å². The molecule has 0 aliphatic heterocycles. The lowest BCUT2D eigenvalue weighted by Gasteiger charge is -2.10. The molecule has 0 aliphatic rings. The lowest BCUT2D eigenvalue weighted by Crippen LogP contribution is -2.20. The zero-order valence-electron chi connectivity index (χ0n) is 12.8. The highest BCUT2D eigenvalue weighted by Crippen LogP contribution is 2.23. The number of fused-ring (bicyclic) bond motifs is 1. The van der Waals surface area contributed by atoms with E-state index in [-0.39, 0.29) is 12.5 Å². The van der Waals surface area contributed by atoms with Crippen LogP contribution >= 0.6 is 0 Å². The molecule has 0 spiro atoms. The van der Waals surface area contributed by atoms with E-state index in [0.29, 0.717) is 5.75 Å². The topological polar surface area (TPSA) is 47.6 Å². The molecule has 23 heavy (non-hydrogen) atoms. The Balaban J connectivity index is 1.64. The fourth-order valence-electron chi connectivity index (χ4n) is 2.34. The lowest BCUT2D eigenvalue weighted by molar-refractivity contribution is -0.118. The second-order valence-corrected chi connectivity index (χ2v) is 5.04. The first-order chi connectivity index (χ1) is 11.3. The number of amides is 1. The number of carbonyl (C=O) groups excluding carboxylic acids is 1. The molecule has 0 aromatic heterocycles. The van der Waals surface area contributed by atoms with Gasteiger partial charge in [0, 0.05) is 11.1 Å². The summed E-state index contributed by atoms with van der Waals surface area (Å²) >= 11 is 0. The third kappa shape index (κ3) is 3.61. The molecule has 3 rings (SSSR count). The minimum atomic E-state index is -0.197. The Kier molecular flexibility index (Phi) is 4.43. The third-order valence-electron chi connectivity index (χ3n) is 3.49. The van der Waals surface area contributed by atoms with E-state index in [0.717, 1.165) is 22.2 Å². The summed E-state index contributed by atoms with van der Waals surface area (Å²) in [5.41, 5.74) is 0.784. The molecule has 0 saturated heterocycles. The van der Waals surface area contributed by atoms with Gasteiger partial charge in [-0.2, -0.15) is 0 Å². The molecule has 0 atom stereocenters. The smallest absolute Gasteiger partial charge is 0.262 e. The molecule has 0 bridgehead atoms. The Hall–Kier alpha value is -3.01. The molecule has 4 nitrogen and oxygen atoms in total. The predicted octanol–water partition coefficient (Wildman–Crippen LogP) is 3.87. The van der Waals surface area contributed by atoms with E-state index < -0.39 is 0 Å². The van der Waals surface area contributed by atoms with Crippen LogP contribution in [-0.2, 0) is 4.79 Å². The van der Waals surface area contributed by atoms with Gasteiger partial charge in [-0.15, -0.1) is 0 Å². The number of hydrogen-bond acceptors (Lipinski definition) is 3. The Morgan fingerprint density at radius 3 is 2.39 bits per heavy atom. The molecule has 0 unspecified atom stereocenters. The first-order valence-electron chi connectivity index (χ1n) is 7.31. The molecule has 0 saturated carbocycles. The third-order valence-corrected chi connectivity index (χ3v) is 3.49. The van der Waals surface area contributed by atoms with Crippen LogP contribution in [0.15, 0.2) is 66.7 Å². The highest BCUT2D eigenvalue weighted by Gasteiger charge is 2.06. The van der Waals surface area contributed by atoms with Crippen LogP contribution in [0, 0.1) is 0 Å². The summed E-state index contributed by atoms with van der Waals surface area (Å²) in [7, 11) is 1.60. The molecule has 3 aromatic rings. The van der Waals surface area contributed by atoms with Crippen LogP contribution in [0.2, 0.25) is 0 Å². The second kappa shape index (κ2) is 6.83. The van der Waals surface area contributed by atoms with Crippen LogP contribution in [0.5, 0.6) is 11.5 Å². The van der Waals surface area contributed by atoms with Gasteiger partial charge in [0.2, 0.25) is 0 Å². The summed E-state index contributed by atoms with van der Waals surface area (Å²) in [6.45, 7) is -0.0461. The predicted molar refractivity (Wildman–Crippen MR) is 91.1 cm³/mol. The largest absolute Gasteiger partial charge is 0.497 e. The number of anilines is 1. The molecular formula is C19H17NO3. The van der Waals surface area contributed by atoms with Crippen LogP contribution in [-0.4, -0.2) is 19.6 Å². The summed E-state index contributed by atoms with van der Waals surface area (Å²) in [4.78, 5) is 12.1. The van der Waals surface area contributed by atoms with Gasteiger partial charge in [0.05, 0.1) is 7.11 Å². The zero-order chi connectivity index (χ0) is 16.1. The average Bonchev–Trinajstić information content (AvgIpc) is 2.61. The molecular weight excluding hydrogens is 290 g/mol. The number of hydrogen-bond donors (Lipinski definition) is 1. The fourth-order valence-corrected chi connectivity index (χ4v) is 2.34. The zero-order valence-corrected chi connectivity index (χ0v) is 12.8. The van der Waals surface area contributed by atoms with Gasteiger partial charge in [-0.3, -0.25) is 4.79 Å². The highest BCUT2D eigenvalue weighted by molar-refractivity contribution is 6.02. The molecule has 3 aromatic carbocycles. The van der Waals surface area contributed by atoms with E-state index >= 15 is 0 Å². The molecule has 0 heterocycles. The standard InChI is InChI=1S/C19H17NO3/c1-22-15-9-11-16(12-10-15)23-13-19(21)20-18-8-4-6-14-5-2-3-7-17(14)18/h2-12H,13H2,1H3,(H,20,21). The molecule has 1 amide bonds. The number of methoxy groups -OCH3 is 1. The number of rotatable bonds is 5. The van der Waals surface area contributed by atoms with Crippen LogP contribution in [0.25, 0.3) is 10.8 Å². The van der Waals surface area contributed by atoms with E-state index in [2.05, 4.69) is 5.32 Å². The van der Waals surface area contributed by atoms with E-state index in [1.54, 1.807) is 31.4 Å². The minimum Gasteiger partial charge on any atom is -0.497 e. The van der Waals surface area contributed by atoms with Gasteiger partial charge in [0.15, 0.2) is 6.61 Å². The highest BCUT2D eigenvalue weighted by atomic mass is 16.5. The lowest BCUT2D eigenvalue weighted by atomic mass is 10.1. The molecule has 4 heteroatoms. The number of ether oxygens (including phenoxy) is 2. The average molecular weight is 307 g/mol. The van der Waals surface area contributed by atoms with Crippen molar-refractivity contribution >= 4 is 22.4 Å². The van der Waals surface area contributed by atoms with Crippen LogP contribution in [0.4, 0.5) is 5.69 Å². The van der Waals surface area contributed by atoms with Gasteiger partial charge in [0.1, 0.15) is 11.5 Å². The maximum atomic E-state index is 12.1. The summed E-state index contributed by atoms with van der Waals surface area (Å²) in [6.07, 6.45) is 0. The van der Waals surface area contributed by atoms with E-state index in [1.807, 2.05) is 42.5 Å². The van der Waals surface area contributed by atoms with Crippen molar-refractivity contribution in [2.75, 3.05) is 19.0 Å². The first kappa shape index (κ1) is 14.9. The van der Waals surface area contributed by atoms with E-state index in [1.165, 1.54) is 0 Å². The van der Waals surface area contributed by atoms with Gasteiger partial charge in [-0.05, 0) is 35.7 Å². The van der Waals surface area contributed by atoms with Crippen molar-refractivity contribution in [1.82, 2.24) is 0 Å². The van der Waals surface area contributed by atoms with Crippen molar-refractivity contribution in [2.45, 2.75) is 0 Å². The maximum absolute atomic E-state index is 12.1. The molecule has 0 radical (unpaired) electrons. The van der Waals surface area contributed by atoms with Gasteiger partial charge >= 0.3 is 0 Å². The Morgan fingerprint density at radius 1 is 0.913 bits per heavy atom. The second-order valence-electron chi connectivity index (χ2n) is 5.04. The summed E-state index contributed by atoms with van der Waals surface area (Å²) in [5, 5.41) is 4.98. The monoisotopic (exact) mass is 307 g/mol. The van der Waals surface area contributed by atoms with Crippen molar-refractivity contribution in [3.05, 3.63) is 66.7 Å². The quantitative estimate of drug-likeness (QED) is 0.778. The Labute approximate surface area is 134 Å². The summed E-state index contributed by atoms with van der Waals surface area (Å²) in [6, 6.07) is 20.8. The first-order valence-corrected chi connectivity index (χ1v) is 7.31. The molecule has 0 fully saturated rings. The van der Waals surface area contributed by atoms with E-state index in [4.69, 9.17) is 9.47 Å². The van der Waals surface area contributed by atoms with Crippen molar-refractivity contribution in [3.63, 3.8) is 0 Å². The number of nitrogens with one attached hydrogen (secondary N) is 1. The molecule has 116 valence electrons. The number of carbonyl (C=O) groups is 1. The van der Waals surface area contributed by atoms with Crippen molar-refractivity contribution < 1.29 is 14.3 Å². The van der Waals surface area contributed by atoms with Gasteiger partial charge in [-0.25, -0.2) is 0 Å². The summed E-state index contributed by atoms with van der Waals surface area (Å²) < 4.78 is 10.6. The van der Waals surface area contributed by atoms with Gasteiger partial charge in [0.25, 0.3) is 5.91 Å². The van der Waals surface area contributed by atoms with Crippen LogP contribution < -0.4 is 14.8 Å². The molecule has 0 aliphatic carbocycles.